The van der Waals surface area contributed by atoms with Crippen LogP contribution >= 0.6 is 0 Å². The van der Waals surface area contributed by atoms with Gasteiger partial charge in [-0.2, -0.15) is 0 Å². The van der Waals surface area contributed by atoms with Gasteiger partial charge in [-0.05, 0) is 54.5 Å². The molecule has 2 aromatic carbocycles. The number of halogens is 1. The van der Waals surface area contributed by atoms with Gasteiger partial charge < -0.3 is 10.1 Å². The van der Waals surface area contributed by atoms with Crippen LogP contribution in [0.5, 0.6) is 5.75 Å². The average Bonchev–Trinajstić information content (AvgIpc) is 2.67. The third-order valence-corrected chi connectivity index (χ3v) is 3.53. The maximum absolute atomic E-state index is 13.4. The fraction of sp³-hybridized carbons (Fsp3) is 0.0476. The molecular formula is C21H15FN2O2. The molecule has 0 saturated heterocycles. The van der Waals surface area contributed by atoms with Crippen molar-refractivity contribution in [3.63, 3.8) is 0 Å². The van der Waals surface area contributed by atoms with Crippen molar-refractivity contribution in [2.24, 2.45) is 0 Å². The van der Waals surface area contributed by atoms with Crippen molar-refractivity contribution in [1.82, 2.24) is 4.98 Å². The molecule has 3 rings (SSSR count). The van der Waals surface area contributed by atoms with Crippen LogP contribution in [0.3, 0.4) is 0 Å². The Labute approximate surface area is 150 Å². The summed E-state index contributed by atoms with van der Waals surface area (Å²) >= 11 is 0. The van der Waals surface area contributed by atoms with Crippen molar-refractivity contribution in [3.8, 4) is 17.6 Å². The number of ether oxygens (including phenoxy) is 1. The monoisotopic (exact) mass is 346 g/mol. The highest BCUT2D eigenvalue weighted by Gasteiger charge is 2.13. The number of rotatable bonds is 3. The lowest BCUT2D eigenvalue weighted by Gasteiger charge is -2.09. The van der Waals surface area contributed by atoms with E-state index in [9.17, 15) is 9.18 Å². The Bertz CT molecular complexity index is 992. The number of carbonyl (C=O) groups excluding carboxylic acids is 1. The van der Waals surface area contributed by atoms with E-state index < -0.39 is 11.7 Å². The zero-order valence-electron chi connectivity index (χ0n) is 14.0. The molecule has 0 atom stereocenters. The predicted molar refractivity (Wildman–Crippen MR) is 97.6 cm³/mol. The second-order valence-electron chi connectivity index (χ2n) is 5.34. The molecule has 4 nitrogen and oxygen atoms in total. The predicted octanol–water partition coefficient (Wildman–Crippen LogP) is 3.88. The molecule has 0 unspecified atom stereocenters. The molecule has 0 fully saturated rings. The summed E-state index contributed by atoms with van der Waals surface area (Å²) in [5.41, 5.74) is 2.05. The van der Waals surface area contributed by atoms with Crippen molar-refractivity contribution in [2.45, 2.75) is 0 Å². The number of pyridine rings is 1. The smallest absolute Gasteiger partial charge is 0.259 e. The number of anilines is 1. The highest BCUT2D eigenvalue weighted by Crippen LogP contribution is 2.21. The third kappa shape index (κ3) is 4.25. The molecule has 0 aliphatic heterocycles. The Kier molecular flexibility index (Phi) is 5.25. The van der Waals surface area contributed by atoms with Crippen LogP contribution in [0.2, 0.25) is 0 Å². The molecule has 0 aliphatic carbocycles. The Balaban J connectivity index is 1.80. The van der Waals surface area contributed by atoms with Crippen LogP contribution in [-0.4, -0.2) is 18.0 Å². The Morgan fingerprint density at radius 2 is 1.96 bits per heavy atom. The van der Waals surface area contributed by atoms with Gasteiger partial charge in [-0.3, -0.25) is 4.79 Å². The van der Waals surface area contributed by atoms with Gasteiger partial charge in [-0.25, -0.2) is 9.37 Å². The first-order valence-corrected chi connectivity index (χ1v) is 7.84. The van der Waals surface area contributed by atoms with Crippen LogP contribution in [0.25, 0.3) is 0 Å². The first-order chi connectivity index (χ1) is 12.7. The van der Waals surface area contributed by atoms with Crippen molar-refractivity contribution >= 4 is 11.6 Å². The van der Waals surface area contributed by atoms with Gasteiger partial charge in [-0.1, -0.05) is 18.1 Å². The minimum absolute atomic E-state index is 0.123. The van der Waals surface area contributed by atoms with Crippen molar-refractivity contribution < 1.29 is 13.9 Å². The van der Waals surface area contributed by atoms with Crippen LogP contribution < -0.4 is 10.1 Å². The molecule has 128 valence electrons. The lowest BCUT2D eigenvalue weighted by atomic mass is 10.1. The molecular weight excluding hydrogens is 331 g/mol. The van der Waals surface area contributed by atoms with Crippen molar-refractivity contribution in [3.05, 3.63) is 89.5 Å². The van der Waals surface area contributed by atoms with Crippen LogP contribution in [0.4, 0.5) is 10.1 Å². The van der Waals surface area contributed by atoms with E-state index in [0.29, 0.717) is 17.1 Å². The highest BCUT2D eigenvalue weighted by atomic mass is 19.1. The number of nitrogens with zero attached hydrogens (tertiary/aromatic N) is 1. The molecule has 1 amide bonds. The molecule has 0 spiro atoms. The molecule has 26 heavy (non-hydrogen) atoms. The number of methoxy groups -OCH3 is 1. The van der Waals surface area contributed by atoms with Gasteiger partial charge in [0.15, 0.2) is 0 Å². The van der Waals surface area contributed by atoms with Gasteiger partial charge in [0.2, 0.25) is 0 Å². The minimum Gasteiger partial charge on any atom is -0.496 e. The quantitative estimate of drug-likeness (QED) is 0.732. The number of hydrogen-bond acceptors (Lipinski definition) is 3. The fourth-order valence-electron chi connectivity index (χ4n) is 2.30. The van der Waals surface area contributed by atoms with E-state index in [1.165, 1.54) is 19.2 Å². The number of hydrogen-bond donors (Lipinski definition) is 1. The van der Waals surface area contributed by atoms with Crippen LogP contribution in [0.15, 0.2) is 66.9 Å². The van der Waals surface area contributed by atoms with E-state index in [0.717, 1.165) is 11.6 Å². The Morgan fingerprint density at radius 1 is 1.08 bits per heavy atom. The van der Waals surface area contributed by atoms with Gasteiger partial charge >= 0.3 is 0 Å². The summed E-state index contributed by atoms with van der Waals surface area (Å²) in [4.78, 5) is 16.6. The van der Waals surface area contributed by atoms with E-state index in [1.807, 2.05) is 24.3 Å². The molecule has 0 aliphatic rings. The number of nitrogens with one attached hydrogen (secondary N) is 1. The zero-order chi connectivity index (χ0) is 18.4. The normalized spacial score (nSPS) is 9.77. The first-order valence-electron chi connectivity index (χ1n) is 7.84. The third-order valence-electron chi connectivity index (χ3n) is 3.53. The van der Waals surface area contributed by atoms with E-state index in [2.05, 4.69) is 22.1 Å². The minimum atomic E-state index is -0.508. The van der Waals surface area contributed by atoms with Crippen LogP contribution in [0, 0.1) is 17.7 Å². The van der Waals surface area contributed by atoms with Crippen LogP contribution in [-0.2, 0) is 0 Å². The Morgan fingerprint density at radius 3 is 2.73 bits per heavy atom. The van der Waals surface area contributed by atoms with E-state index >= 15 is 0 Å². The van der Waals surface area contributed by atoms with Gasteiger partial charge in [0, 0.05) is 17.4 Å². The molecule has 0 radical (unpaired) electrons. The van der Waals surface area contributed by atoms with Gasteiger partial charge in [0.1, 0.15) is 17.3 Å². The molecule has 1 N–H and O–H groups in total. The second-order valence-corrected chi connectivity index (χ2v) is 5.34. The van der Waals surface area contributed by atoms with Crippen molar-refractivity contribution in [1.29, 1.82) is 0 Å². The van der Waals surface area contributed by atoms with E-state index in [-0.39, 0.29) is 5.56 Å². The fourth-order valence-corrected chi connectivity index (χ4v) is 2.30. The summed E-state index contributed by atoms with van der Waals surface area (Å²) in [5.74, 6) is 5.28. The van der Waals surface area contributed by atoms with Crippen molar-refractivity contribution in [2.75, 3.05) is 12.4 Å². The van der Waals surface area contributed by atoms with Gasteiger partial charge in [0.25, 0.3) is 5.91 Å². The summed E-state index contributed by atoms with van der Waals surface area (Å²) in [7, 11) is 1.43. The molecule has 1 aromatic heterocycles. The topological polar surface area (TPSA) is 51.2 Å². The summed E-state index contributed by atoms with van der Waals surface area (Å²) < 4.78 is 18.6. The average molecular weight is 346 g/mol. The highest BCUT2D eigenvalue weighted by molar-refractivity contribution is 6.06. The zero-order valence-corrected chi connectivity index (χ0v) is 14.0. The summed E-state index contributed by atoms with van der Waals surface area (Å²) in [6.07, 6.45) is 1.67. The largest absolute Gasteiger partial charge is 0.496 e. The second kappa shape index (κ2) is 7.95. The van der Waals surface area contributed by atoms with E-state index in [1.54, 1.807) is 24.4 Å². The summed E-state index contributed by atoms with van der Waals surface area (Å²) in [6.45, 7) is 0. The van der Waals surface area contributed by atoms with Gasteiger partial charge in [0.05, 0.1) is 12.7 Å². The first kappa shape index (κ1) is 17.2. The maximum atomic E-state index is 13.4. The standard InChI is InChI=1S/C21H15FN2O2/c1-26-20-11-9-16(22)14-19(20)21(25)24-18-7-4-5-15(13-18)8-10-17-6-2-3-12-23-17/h2-7,9,11-14H,1H3,(H,24,25). The molecule has 5 heteroatoms. The lowest BCUT2D eigenvalue weighted by Crippen LogP contribution is -2.13. The summed E-state index contributed by atoms with van der Waals surface area (Å²) in [5, 5.41) is 2.73. The summed E-state index contributed by atoms with van der Waals surface area (Å²) in [6, 6.07) is 16.4. The molecule has 0 bridgehead atoms. The number of aromatic nitrogens is 1. The lowest BCUT2D eigenvalue weighted by molar-refractivity contribution is 0.102. The van der Waals surface area contributed by atoms with Gasteiger partial charge in [-0.15, -0.1) is 0 Å². The molecule has 1 heterocycles. The molecule has 0 saturated carbocycles. The maximum Gasteiger partial charge on any atom is 0.259 e. The molecule has 3 aromatic rings. The Hall–Kier alpha value is -3.65. The van der Waals surface area contributed by atoms with E-state index in [4.69, 9.17) is 4.74 Å². The SMILES string of the molecule is COc1ccc(F)cc1C(=O)Nc1cccc(C#Cc2ccccn2)c1. The number of carbonyl (C=O) groups is 1. The number of amides is 1. The number of benzene rings is 2. The van der Waals surface area contributed by atoms with Crippen LogP contribution in [0.1, 0.15) is 21.6 Å².